The molecular weight excluding hydrogens is 412 g/mol. The van der Waals surface area contributed by atoms with Crippen molar-refractivity contribution in [3.63, 3.8) is 0 Å². The minimum atomic E-state index is -3.79. The van der Waals surface area contributed by atoms with Crippen LogP contribution in [0.2, 0.25) is 0 Å². The lowest BCUT2D eigenvalue weighted by Gasteiger charge is -2.25. The Morgan fingerprint density at radius 3 is 2.58 bits per heavy atom. The third kappa shape index (κ3) is 4.74. The number of sulfonamides is 1. The van der Waals surface area contributed by atoms with Crippen LogP contribution >= 0.6 is 0 Å². The first-order valence-electron chi connectivity index (χ1n) is 10.7. The van der Waals surface area contributed by atoms with Gasteiger partial charge in [-0.25, -0.2) is 8.42 Å². The Morgan fingerprint density at radius 2 is 1.90 bits per heavy atom. The molecule has 0 aliphatic carbocycles. The van der Waals surface area contributed by atoms with Gasteiger partial charge in [-0.15, -0.1) is 0 Å². The van der Waals surface area contributed by atoms with Crippen LogP contribution in [0.25, 0.3) is 10.9 Å². The molecule has 0 radical (unpaired) electrons. The summed E-state index contributed by atoms with van der Waals surface area (Å²) in [5.41, 5.74) is 3.05. The summed E-state index contributed by atoms with van der Waals surface area (Å²) < 4.78 is 34.0. The molecule has 1 unspecified atom stereocenters. The lowest BCUT2D eigenvalue weighted by atomic mass is 10.1. The number of aromatic amines is 1. The van der Waals surface area contributed by atoms with E-state index < -0.39 is 10.0 Å². The highest BCUT2D eigenvalue weighted by Crippen LogP contribution is 2.23. The zero-order valence-electron chi connectivity index (χ0n) is 17.9. The molecule has 1 aromatic heterocycles. The quantitative estimate of drug-likeness (QED) is 0.607. The van der Waals surface area contributed by atoms with E-state index in [1.165, 1.54) is 4.31 Å². The first kappa shape index (κ1) is 21.7. The summed E-state index contributed by atoms with van der Waals surface area (Å²) in [7, 11) is -3.79. The lowest BCUT2D eigenvalue weighted by molar-refractivity contribution is 0.0925. The van der Waals surface area contributed by atoms with Crippen molar-refractivity contribution < 1.29 is 13.2 Å². The van der Waals surface area contributed by atoms with Crippen LogP contribution in [0.15, 0.2) is 58.2 Å². The van der Waals surface area contributed by atoms with Crippen molar-refractivity contribution in [1.82, 2.24) is 9.29 Å². The molecule has 1 aliphatic heterocycles. The molecule has 0 spiro atoms. The molecule has 0 amide bonds. The molecule has 1 aliphatic rings. The van der Waals surface area contributed by atoms with Gasteiger partial charge in [0.25, 0.3) is 5.56 Å². The van der Waals surface area contributed by atoms with Crippen molar-refractivity contribution >= 4 is 20.9 Å². The molecule has 0 saturated carbocycles. The highest BCUT2D eigenvalue weighted by Gasteiger charge is 2.30. The Morgan fingerprint density at radius 1 is 1.13 bits per heavy atom. The molecule has 2 heterocycles. The summed E-state index contributed by atoms with van der Waals surface area (Å²) in [6, 6.07) is 14.5. The predicted octanol–water partition coefficient (Wildman–Crippen LogP) is 3.77. The second-order valence-electron chi connectivity index (χ2n) is 8.14. The molecule has 1 N–H and O–H groups in total. The standard InChI is InChI=1S/C24H28N2O4S/c1-3-18-8-11-23-19(13-18)14-20(24(27)25-23)15-26(16-21-5-4-12-30-21)31(28,29)22-9-6-17(2)7-10-22/h6-11,13-14,21H,3-5,12,15-16H2,1-2H3,(H,25,27). The van der Waals surface area contributed by atoms with E-state index in [-0.39, 0.29) is 29.6 Å². The van der Waals surface area contributed by atoms with Gasteiger partial charge in [-0.3, -0.25) is 4.79 Å². The highest BCUT2D eigenvalue weighted by atomic mass is 32.2. The van der Waals surface area contributed by atoms with E-state index in [2.05, 4.69) is 11.9 Å². The third-order valence-electron chi connectivity index (χ3n) is 5.83. The van der Waals surface area contributed by atoms with Gasteiger partial charge in [-0.1, -0.05) is 30.7 Å². The van der Waals surface area contributed by atoms with Crippen LogP contribution in [0.5, 0.6) is 0 Å². The minimum absolute atomic E-state index is 0.00229. The fraction of sp³-hybridized carbons (Fsp3) is 0.375. The molecule has 1 fully saturated rings. The van der Waals surface area contributed by atoms with E-state index in [1.54, 1.807) is 30.3 Å². The van der Waals surface area contributed by atoms with Gasteiger partial charge in [0.15, 0.2) is 0 Å². The second kappa shape index (κ2) is 8.94. The van der Waals surface area contributed by atoms with Crippen molar-refractivity contribution in [3.8, 4) is 0 Å². The largest absolute Gasteiger partial charge is 0.377 e. The van der Waals surface area contributed by atoms with E-state index in [1.807, 2.05) is 25.1 Å². The number of rotatable bonds is 7. The van der Waals surface area contributed by atoms with Crippen molar-refractivity contribution in [2.75, 3.05) is 13.2 Å². The zero-order chi connectivity index (χ0) is 22.0. The Balaban J connectivity index is 1.72. The first-order chi connectivity index (χ1) is 14.9. The molecule has 1 atom stereocenters. The van der Waals surface area contributed by atoms with Crippen LogP contribution in [-0.2, 0) is 27.7 Å². The highest BCUT2D eigenvalue weighted by molar-refractivity contribution is 7.89. The Bertz CT molecular complexity index is 1230. The fourth-order valence-corrected chi connectivity index (χ4v) is 5.40. The van der Waals surface area contributed by atoms with Gasteiger partial charge >= 0.3 is 0 Å². The van der Waals surface area contributed by atoms with Crippen molar-refractivity contribution in [1.29, 1.82) is 0 Å². The summed E-state index contributed by atoms with van der Waals surface area (Å²) >= 11 is 0. The average molecular weight is 441 g/mol. The fourth-order valence-electron chi connectivity index (χ4n) is 3.95. The number of hydrogen-bond acceptors (Lipinski definition) is 4. The smallest absolute Gasteiger partial charge is 0.252 e. The van der Waals surface area contributed by atoms with Gasteiger partial charge in [-0.2, -0.15) is 4.31 Å². The topological polar surface area (TPSA) is 79.5 Å². The molecule has 3 aromatic rings. The summed E-state index contributed by atoms with van der Waals surface area (Å²) in [4.78, 5) is 15.9. The maximum atomic E-state index is 13.5. The molecule has 1 saturated heterocycles. The summed E-state index contributed by atoms with van der Waals surface area (Å²) in [6.07, 6.45) is 2.46. The summed E-state index contributed by atoms with van der Waals surface area (Å²) in [5, 5.41) is 0.902. The van der Waals surface area contributed by atoms with Gasteiger partial charge in [0.2, 0.25) is 10.0 Å². The van der Waals surface area contributed by atoms with E-state index in [0.717, 1.165) is 41.3 Å². The number of benzene rings is 2. The molecule has 4 rings (SSSR count). The van der Waals surface area contributed by atoms with Gasteiger partial charge in [0.1, 0.15) is 0 Å². The first-order valence-corrected chi connectivity index (χ1v) is 12.1. The monoisotopic (exact) mass is 440 g/mol. The van der Waals surface area contributed by atoms with E-state index in [9.17, 15) is 13.2 Å². The second-order valence-corrected chi connectivity index (χ2v) is 10.1. The number of H-pyrrole nitrogens is 1. The van der Waals surface area contributed by atoms with Crippen LogP contribution in [0.4, 0.5) is 0 Å². The van der Waals surface area contributed by atoms with Crippen LogP contribution in [0.1, 0.15) is 36.5 Å². The minimum Gasteiger partial charge on any atom is -0.377 e. The lowest BCUT2D eigenvalue weighted by Crippen LogP contribution is -2.38. The Kier molecular flexibility index (Phi) is 6.27. The van der Waals surface area contributed by atoms with Crippen LogP contribution in [-0.4, -0.2) is 37.0 Å². The Hall–Kier alpha value is -2.48. The predicted molar refractivity (Wildman–Crippen MR) is 122 cm³/mol. The number of nitrogens with zero attached hydrogens (tertiary/aromatic N) is 1. The van der Waals surface area contributed by atoms with Gasteiger partial charge in [0.05, 0.1) is 11.0 Å². The molecule has 164 valence electrons. The molecule has 7 heteroatoms. The number of aryl methyl sites for hydroxylation is 2. The van der Waals surface area contributed by atoms with Crippen LogP contribution in [0, 0.1) is 6.92 Å². The third-order valence-corrected chi connectivity index (χ3v) is 7.66. The molecule has 2 aromatic carbocycles. The van der Waals surface area contributed by atoms with Crippen molar-refractivity contribution in [2.24, 2.45) is 0 Å². The van der Waals surface area contributed by atoms with Crippen LogP contribution in [0.3, 0.4) is 0 Å². The summed E-state index contributed by atoms with van der Waals surface area (Å²) in [5.74, 6) is 0. The van der Waals surface area contributed by atoms with E-state index in [0.29, 0.717) is 12.2 Å². The maximum Gasteiger partial charge on any atom is 0.252 e. The number of ether oxygens (including phenoxy) is 1. The van der Waals surface area contributed by atoms with E-state index >= 15 is 0 Å². The normalized spacial score (nSPS) is 16.9. The SMILES string of the molecule is CCc1ccc2[nH]c(=O)c(CN(CC3CCCO3)S(=O)(=O)c3ccc(C)cc3)cc2c1. The molecule has 0 bridgehead atoms. The average Bonchev–Trinajstić information content (AvgIpc) is 3.27. The summed E-state index contributed by atoms with van der Waals surface area (Å²) in [6.45, 7) is 4.85. The van der Waals surface area contributed by atoms with Gasteiger partial charge in [0, 0.05) is 30.8 Å². The number of fused-ring (bicyclic) bond motifs is 1. The Labute approximate surface area is 182 Å². The van der Waals surface area contributed by atoms with Gasteiger partial charge < -0.3 is 9.72 Å². The molecular formula is C24H28N2O4S. The number of aromatic nitrogens is 1. The number of nitrogens with one attached hydrogen (secondary N) is 1. The van der Waals surface area contributed by atoms with Crippen molar-refractivity contribution in [3.05, 3.63) is 75.6 Å². The number of pyridine rings is 1. The van der Waals surface area contributed by atoms with Gasteiger partial charge in [-0.05, 0) is 67.5 Å². The molecule has 6 nitrogen and oxygen atoms in total. The zero-order valence-corrected chi connectivity index (χ0v) is 18.7. The van der Waals surface area contributed by atoms with Crippen LogP contribution < -0.4 is 5.56 Å². The van der Waals surface area contributed by atoms with E-state index in [4.69, 9.17) is 4.74 Å². The molecule has 31 heavy (non-hydrogen) atoms. The number of hydrogen-bond donors (Lipinski definition) is 1. The maximum absolute atomic E-state index is 13.5. The van der Waals surface area contributed by atoms with Crippen molar-refractivity contribution in [2.45, 2.75) is 50.7 Å².